The van der Waals surface area contributed by atoms with E-state index in [-0.39, 0.29) is 0 Å². The lowest BCUT2D eigenvalue weighted by Gasteiger charge is -2.15. The van der Waals surface area contributed by atoms with E-state index in [9.17, 15) is 8.42 Å². The molecule has 1 fully saturated rings. The summed E-state index contributed by atoms with van der Waals surface area (Å²) in [6.07, 6.45) is 2.39. The minimum absolute atomic E-state index is 0.304. The van der Waals surface area contributed by atoms with Crippen molar-refractivity contribution in [2.24, 2.45) is 0 Å². The summed E-state index contributed by atoms with van der Waals surface area (Å²) in [6.45, 7) is 3.12. The summed E-state index contributed by atoms with van der Waals surface area (Å²) >= 11 is 0. The number of ether oxygens (including phenoxy) is 1. The topological polar surface area (TPSA) is 58.6 Å². The Labute approximate surface area is 121 Å². The Morgan fingerprint density at radius 2 is 2.05 bits per heavy atom. The molecule has 0 atom stereocenters. The molecule has 1 saturated carbocycles. The Hall–Kier alpha value is -1.11. The van der Waals surface area contributed by atoms with E-state index in [1.165, 1.54) is 31.2 Å². The second-order valence-corrected chi connectivity index (χ2v) is 7.30. The standard InChI is InChI=1S/C14H22N2O3S/c1-4-19-14-8-7-13(20(17,18)16(2)3)9-11(14)10-15-12-5-6-12/h7-9,12,15H,4-6,10H2,1-3H3. The maximum absolute atomic E-state index is 12.2. The van der Waals surface area contributed by atoms with Crippen LogP contribution in [0, 0.1) is 0 Å². The smallest absolute Gasteiger partial charge is 0.242 e. The lowest BCUT2D eigenvalue weighted by Crippen LogP contribution is -2.23. The maximum Gasteiger partial charge on any atom is 0.242 e. The van der Waals surface area contributed by atoms with Crippen molar-refractivity contribution in [3.8, 4) is 5.75 Å². The molecule has 2 rings (SSSR count). The summed E-state index contributed by atoms with van der Waals surface area (Å²) < 4.78 is 31.1. The fourth-order valence-corrected chi connectivity index (χ4v) is 2.86. The number of hydrogen-bond donors (Lipinski definition) is 1. The van der Waals surface area contributed by atoms with Crippen LogP contribution in [0.2, 0.25) is 0 Å². The summed E-state index contributed by atoms with van der Waals surface area (Å²) in [6, 6.07) is 5.61. The van der Waals surface area contributed by atoms with Gasteiger partial charge >= 0.3 is 0 Å². The van der Waals surface area contributed by atoms with Gasteiger partial charge in [-0.2, -0.15) is 0 Å². The third kappa shape index (κ3) is 3.50. The first kappa shape index (κ1) is 15.3. The normalized spacial score (nSPS) is 15.6. The highest BCUT2D eigenvalue weighted by molar-refractivity contribution is 7.89. The Balaban J connectivity index is 2.28. The molecule has 112 valence electrons. The summed E-state index contributed by atoms with van der Waals surface area (Å²) in [5.41, 5.74) is 0.890. The first-order valence-corrected chi connectivity index (χ1v) is 8.30. The van der Waals surface area contributed by atoms with E-state index < -0.39 is 10.0 Å². The summed E-state index contributed by atoms with van der Waals surface area (Å²) in [5, 5.41) is 3.39. The molecular formula is C14H22N2O3S. The molecular weight excluding hydrogens is 276 g/mol. The molecule has 1 aromatic rings. The zero-order valence-electron chi connectivity index (χ0n) is 12.2. The van der Waals surface area contributed by atoms with Crippen molar-refractivity contribution in [3.05, 3.63) is 23.8 Å². The second kappa shape index (κ2) is 6.11. The third-order valence-electron chi connectivity index (χ3n) is 3.27. The molecule has 6 heteroatoms. The van der Waals surface area contributed by atoms with E-state index in [4.69, 9.17) is 4.74 Å². The van der Waals surface area contributed by atoms with Gasteiger partial charge in [0.1, 0.15) is 5.75 Å². The Bertz CT molecular complexity index is 566. The van der Waals surface area contributed by atoms with Crippen LogP contribution in [0.25, 0.3) is 0 Å². The average molecular weight is 298 g/mol. The monoisotopic (exact) mass is 298 g/mol. The molecule has 5 nitrogen and oxygen atoms in total. The van der Waals surface area contributed by atoms with Crippen LogP contribution < -0.4 is 10.1 Å². The molecule has 0 bridgehead atoms. The molecule has 1 aliphatic carbocycles. The summed E-state index contributed by atoms with van der Waals surface area (Å²) in [4.78, 5) is 0.304. The highest BCUT2D eigenvalue weighted by Crippen LogP contribution is 2.26. The van der Waals surface area contributed by atoms with Crippen molar-refractivity contribution >= 4 is 10.0 Å². The van der Waals surface area contributed by atoms with Gasteiger partial charge in [0, 0.05) is 32.2 Å². The molecule has 1 aliphatic rings. The van der Waals surface area contributed by atoms with E-state index in [0.717, 1.165) is 11.3 Å². The molecule has 0 radical (unpaired) electrons. The van der Waals surface area contributed by atoms with Crippen LogP contribution >= 0.6 is 0 Å². The van der Waals surface area contributed by atoms with Crippen molar-refractivity contribution in [1.82, 2.24) is 9.62 Å². The van der Waals surface area contributed by atoms with Gasteiger partial charge in [0.15, 0.2) is 0 Å². The molecule has 20 heavy (non-hydrogen) atoms. The largest absolute Gasteiger partial charge is 0.494 e. The Morgan fingerprint density at radius 1 is 1.35 bits per heavy atom. The predicted octanol–water partition coefficient (Wildman–Crippen LogP) is 1.59. The zero-order chi connectivity index (χ0) is 14.8. The number of nitrogens with one attached hydrogen (secondary N) is 1. The van der Waals surface area contributed by atoms with Crippen LogP contribution in [-0.2, 0) is 16.6 Å². The van der Waals surface area contributed by atoms with Crippen molar-refractivity contribution in [3.63, 3.8) is 0 Å². The molecule has 0 unspecified atom stereocenters. The molecule has 1 N–H and O–H groups in total. The van der Waals surface area contributed by atoms with E-state index in [1.54, 1.807) is 18.2 Å². The van der Waals surface area contributed by atoms with Crippen LogP contribution in [0.15, 0.2) is 23.1 Å². The van der Waals surface area contributed by atoms with E-state index in [2.05, 4.69) is 5.32 Å². The zero-order valence-corrected chi connectivity index (χ0v) is 13.0. The molecule has 0 saturated heterocycles. The van der Waals surface area contributed by atoms with Gasteiger partial charge in [0.25, 0.3) is 0 Å². The van der Waals surface area contributed by atoms with Gasteiger partial charge in [-0.1, -0.05) is 0 Å². The van der Waals surface area contributed by atoms with Crippen LogP contribution in [0.4, 0.5) is 0 Å². The fourth-order valence-electron chi connectivity index (χ4n) is 1.90. The summed E-state index contributed by atoms with van der Waals surface area (Å²) in [5.74, 6) is 0.748. The van der Waals surface area contributed by atoms with Crippen molar-refractivity contribution in [1.29, 1.82) is 0 Å². The Morgan fingerprint density at radius 3 is 2.60 bits per heavy atom. The fraction of sp³-hybridized carbons (Fsp3) is 0.571. The van der Waals surface area contributed by atoms with Gasteiger partial charge in [-0.15, -0.1) is 0 Å². The van der Waals surface area contributed by atoms with Crippen molar-refractivity contribution in [2.45, 2.75) is 37.2 Å². The van der Waals surface area contributed by atoms with Gasteiger partial charge in [-0.3, -0.25) is 0 Å². The lowest BCUT2D eigenvalue weighted by atomic mass is 10.2. The SMILES string of the molecule is CCOc1ccc(S(=O)(=O)N(C)C)cc1CNC1CC1. The van der Waals surface area contributed by atoms with Gasteiger partial charge < -0.3 is 10.1 Å². The first-order valence-electron chi connectivity index (χ1n) is 6.86. The number of rotatable bonds is 7. The number of hydrogen-bond acceptors (Lipinski definition) is 4. The minimum Gasteiger partial charge on any atom is -0.494 e. The quantitative estimate of drug-likeness (QED) is 0.830. The number of sulfonamides is 1. The minimum atomic E-state index is -3.40. The second-order valence-electron chi connectivity index (χ2n) is 5.15. The van der Waals surface area contributed by atoms with Crippen molar-refractivity contribution < 1.29 is 13.2 Å². The molecule has 0 amide bonds. The average Bonchev–Trinajstić information content (AvgIpc) is 3.21. The third-order valence-corrected chi connectivity index (χ3v) is 5.08. The Kier molecular flexibility index (Phi) is 4.67. The molecule has 1 aromatic carbocycles. The van der Waals surface area contributed by atoms with Gasteiger partial charge in [-0.05, 0) is 38.0 Å². The number of benzene rings is 1. The molecule has 0 aliphatic heterocycles. The van der Waals surface area contributed by atoms with Gasteiger partial charge in [0.05, 0.1) is 11.5 Å². The van der Waals surface area contributed by atoms with E-state index in [0.29, 0.717) is 24.1 Å². The molecule has 0 heterocycles. The molecule has 0 aromatic heterocycles. The highest BCUT2D eigenvalue weighted by atomic mass is 32.2. The van der Waals surface area contributed by atoms with Crippen LogP contribution in [-0.4, -0.2) is 39.5 Å². The maximum atomic E-state index is 12.2. The molecule has 0 spiro atoms. The van der Waals surface area contributed by atoms with E-state index in [1.807, 2.05) is 6.92 Å². The van der Waals surface area contributed by atoms with Gasteiger partial charge in [-0.25, -0.2) is 12.7 Å². The highest BCUT2D eigenvalue weighted by Gasteiger charge is 2.22. The first-order chi connectivity index (χ1) is 9.45. The van der Waals surface area contributed by atoms with Crippen LogP contribution in [0.3, 0.4) is 0 Å². The van der Waals surface area contributed by atoms with E-state index >= 15 is 0 Å². The van der Waals surface area contributed by atoms with Crippen LogP contribution in [0.1, 0.15) is 25.3 Å². The summed E-state index contributed by atoms with van der Waals surface area (Å²) in [7, 11) is -0.333. The lowest BCUT2D eigenvalue weighted by molar-refractivity contribution is 0.335. The predicted molar refractivity (Wildman–Crippen MR) is 78.3 cm³/mol. The van der Waals surface area contributed by atoms with Crippen molar-refractivity contribution in [2.75, 3.05) is 20.7 Å². The van der Waals surface area contributed by atoms with Gasteiger partial charge in [0.2, 0.25) is 10.0 Å². The number of nitrogens with zero attached hydrogens (tertiary/aromatic N) is 1. The van der Waals surface area contributed by atoms with Crippen LogP contribution in [0.5, 0.6) is 5.75 Å².